The molecule has 3 rings (SSSR count). The van der Waals surface area contributed by atoms with E-state index in [2.05, 4.69) is 29.9 Å². The van der Waals surface area contributed by atoms with E-state index in [1.807, 2.05) is 14.1 Å². The van der Waals surface area contributed by atoms with Crippen molar-refractivity contribution in [2.75, 3.05) is 19.0 Å². The molecule has 3 heterocycles. The second kappa shape index (κ2) is 4.43. The maximum absolute atomic E-state index is 6.08. The van der Waals surface area contributed by atoms with Gasteiger partial charge in [-0.05, 0) is 6.07 Å². The van der Waals surface area contributed by atoms with E-state index in [0.29, 0.717) is 33.8 Å². The summed E-state index contributed by atoms with van der Waals surface area (Å²) in [7, 11) is 3.73. The third-order valence-corrected chi connectivity index (χ3v) is 2.79. The van der Waals surface area contributed by atoms with Crippen molar-refractivity contribution in [2.45, 2.75) is 0 Å². The van der Waals surface area contributed by atoms with E-state index in [-0.39, 0.29) is 0 Å². The molecule has 0 aliphatic carbocycles. The van der Waals surface area contributed by atoms with Crippen LogP contribution in [0.1, 0.15) is 0 Å². The molecule has 3 aromatic rings. The lowest BCUT2D eigenvalue weighted by Crippen LogP contribution is -2.12. The van der Waals surface area contributed by atoms with Gasteiger partial charge in [-0.15, -0.1) is 0 Å². The van der Waals surface area contributed by atoms with Gasteiger partial charge in [0.05, 0.1) is 6.33 Å². The van der Waals surface area contributed by atoms with Gasteiger partial charge in [-0.3, -0.25) is 0 Å². The first-order chi connectivity index (χ1) is 9.15. The highest BCUT2D eigenvalue weighted by molar-refractivity contribution is 6.33. The van der Waals surface area contributed by atoms with Crippen LogP contribution in [0.25, 0.3) is 22.7 Å². The summed E-state index contributed by atoms with van der Waals surface area (Å²) in [4.78, 5) is 25.8. The third kappa shape index (κ3) is 2.08. The fraction of sp³-hybridized carbons (Fsp3) is 0.182. The van der Waals surface area contributed by atoms with Crippen molar-refractivity contribution in [3.63, 3.8) is 0 Å². The molecule has 19 heavy (non-hydrogen) atoms. The van der Waals surface area contributed by atoms with Crippen molar-refractivity contribution in [1.82, 2.24) is 29.9 Å². The Kier molecular flexibility index (Phi) is 2.75. The maximum atomic E-state index is 6.08. The van der Waals surface area contributed by atoms with Gasteiger partial charge in [0.1, 0.15) is 11.2 Å². The van der Waals surface area contributed by atoms with Crippen LogP contribution in [0.2, 0.25) is 5.15 Å². The van der Waals surface area contributed by atoms with E-state index in [9.17, 15) is 0 Å². The topological polar surface area (TPSA) is 83.5 Å². The van der Waals surface area contributed by atoms with Crippen LogP contribution >= 0.6 is 11.6 Å². The van der Waals surface area contributed by atoms with Gasteiger partial charge in [-0.1, -0.05) is 11.6 Å². The first kappa shape index (κ1) is 11.8. The van der Waals surface area contributed by atoms with Gasteiger partial charge in [0.25, 0.3) is 0 Å². The molecular formula is C11H10ClN7. The Labute approximate surface area is 113 Å². The Morgan fingerprint density at radius 2 is 2.00 bits per heavy atom. The van der Waals surface area contributed by atoms with Gasteiger partial charge in [0.2, 0.25) is 5.95 Å². The van der Waals surface area contributed by atoms with Crippen LogP contribution < -0.4 is 4.90 Å². The summed E-state index contributed by atoms with van der Waals surface area (Å²) in [6.45, 7) is 0. The normalized spacial score (nSPS) is 10.9. The first-order valence-corrected chi connectivity index (χ1v) is 5.90. The average Bonchev–Trinajstić information content (AvgIpc) is 2.87. The fourth-order valence-electron chi connectivity index (χ4n) is 1.60. The maximum Gasteiger partial charge on any atom is 0.225 e. The van der Waals surface area contributed by atoms with Gasteiger partial charge in [-0.25, -0.2) is 24.9 Å². The molecule has 7 nitrogen and oxygen atoms in total. The number of aromatic nitrogens is 6. The summed E-state index contributed by atoms with van der Waals surface area (Å²) in [5, 5.41) is 0.322. The molecule has 0 saturated carbocycles. The number of imidazole rings is 1. The van der Waals surface area contributed by atoms with E-state index >= 15 is 0 Å². The molecule has 0 aromatic carbocycles. The van der Waals surface area contributed by atoms with Gasteiger partial charge in [-0.2, -0.15) is 0 Å². The van der Waals surface area contributed by atoms with Crippen molar-refractivity contribution >= 4 is 28.7 Å². The van der Waals surface area contributed by atoms with E-state index in [4.69, 9.17) is 11.6 Å². The molecule has 0 bridgehead atoms. The van der Waals surface area contributed by atoms with E-state index in [1.165, 1.54) is 6.33 Å². The minimum atomic E-state index is 0.322. The largest absolute Gasteiger partial charge is 0.347 e. The van der Waals surface area contributed by atoms with Crippen LogP contribution in [0.3, 0.4) is 0 Å². The van der Waals surface area contributed by atoms with E-state index in [0.717, 1.165) is 0 Å². The highest BCUT2D eigenvalue weighted by Gasteiger charge is 2.11. The molecule has 8 heteroatoms. The predicted molar refractivity (Wildman–Crippen MR) is 72.0 cm³/mol. The molecule has 0 radical (unpaired) electrons. The standard InChI is InChI=1S/C11H10ClN7/c1-19(2)11-13-4-3-6(16-11)9-17-8(12)7-10(18-9)15-5-14-7/h3-5H,1-2H3,(H,14,15,17,18). The minimum absolute atomic E-state index is 0.322. The number of rotatable bonds is 2. The quantitative estimate of drug-likeness (QED) is 0.714. The molecular weight excluding hydrogens is 266 g/mol. The Hall–Kier alpha value is -2.28. The average molecular weight is 276 g/mol. The van der Waals surface area contributed by atoms with Crippen LogP contribution in [0.15, 0.2) is 18.6 Å². The number of aromatic amines is 1. The molecule has 0 saturated heterocycles. The van der Waals surface area contributed by atoms with Crippen molar-refractivity contribution in [3.05, 3.63) is 23.7 Å². The number of fused-ring (bicyclic) bond motifs is 1. The highest BCUT2D eigenvalue weighted by atomic mass is 35.5. The summed E-state index contributed by atoms with van der Waals surface area (Å²) >= 11 is 6.08. The van der Waals surface area contributed by atoms with Crippen LogP contribution in [-0.2, 0) is 0 Å². The molecule has 0 spiro atoms. The number of nitrogens with one attached hydrogen (secondary N) is 1. The summed E-state index contributed by atoms with van der Waals surface area (Å²) in [6.07, 6.45) is 3.18. The lowest BCUT2D eigenvalue weighted by molar-refractivity contribution is 0.994. The Morgan fingerprint density at radius 3 is 2.79 bits per heavy atom. The summed E-state index contributed by atoms with van der Waals surface area (Å²) in [6, 6.07) is 1.73. The number of halogens is 1. The lowest BCUT2D eigenvalue weighted by Gasteiger charge is -2.10. The zero-order valence-electron chi connectivity index (χ0n) is 10.3. The number of hydrogen-bond donors (Lipinski definition) is 1. The van der Waals surface area contributed by atoms with Gasteiger partial charge < -0.3 is 9.88 Å². The number of H-pyrrole nitrogens is 1. The highest BCUT2D eigenvalue weighted by Crippen LogP contribution is 2.21. The molecule has 1 N–H and O–H groups in total. The van der Waals surface area contributed by atoms with Gasteiger partial charge >= 0.3 is 0 Å². The molecule has 0 aliphatic heterocycles. The molecule has 0 aliphatic rings. The molecule has 3 aromatic heterocycles. The fourth-order valence-corrected chi connectivity index (χ4v) is 1.82. The number of hydrogen-bond acceptors (Lipinski definition) is 6. The second-order valence-electron chi connectivity index (χ2n) is 4.08. The smallest absolute Gasteiger partial charge is 0.225 e. The minimum Gasteiger partial charge on any atom is -0.347 e. The van der Waals surface area contributed by atoms with E-state index in [1.54, 1.807) is 17.2 Å². The van der Waals surface area contributed by atoms with E-state index < -0.39 is 0 Å². The van der Waals surface area contributed by atoms with Crippen molar-refractivity contribution in [3.8, 4) is 11.5 Å². The zero-order chi connectivity index (χ0) is 13.4. The zero-order valence-corrected chi connectivity index (χ0v) is 11.0. The summed E-state index contributed by atoms with van der Waals surface area (Å²) < 4.78 is 0. The lowest BCUT2D eigenvalue weighted by atomic mass is 10.3. The number of nitrogens with zero attached hydrogens (tertiary/aromatic N) is 6. The Bertz CT molecular complexity index is 737. The molecule has 96 valence electrons. The predicted octanol–water partition coefficient (Wildman–Crippen LogP) is 1.53. The third-order valence-electron chi connectivity index (χ3n) is 2.51. The van der Waals surface area contributed by atoms with Crippen LogP contribution in [0.5, 0.6) is 0 Å². The van der Waals surface area contributed by atoms with Gasteiger partial charge in [0.15, 0.2) is 16.6 Å². The van der Waals surface area contributed by atoms with Crippen molar-refractivity contribution in [1.29, 1.82) is 0 Å². The second-order valence-corrected chi connectivity index (χ2v) is 4.43. The summed E-state index contributed by atoms with van der Waals surface area (Å²) in [5.74, 6) is 1.01. The van der Waals surface area contributed by atoms with Crippen LogP contribution in [0, 0.1) is 0 Å². The Morgan fingerprint density at radius 1 is 1.16 bits per heavy atom. The molecule has 0 fully saturated rings. The monoisotopic (exact) mass is 275 g/mol. The SMILES string of the molecule is CN(C)c1nccc(-c2nc(Cl)c3[nH]cnc3n2)n1. The molecule has 0 atom stereocenters. The van der Waals surface area contributed by atoms with Crippen molar-refractivity contribution in [2.24, 2.45) is 0 Å². The molecule has 0 amide bonds. The van der Waals surface area contributed by atoms with Crippen molar-refractivity contribution < 1.29 is 0 Å². The summed E-state index contributed by atoms with van der Waals surface area (Å²) in [5.41, 5.74) is 1.73. The molecule has 0 unspecified atom stereocenters. The number of anilines is 1. The Balaban J connectivity index is 2.15. The first-order valence-electron chi connectivity index (χ1n) is 5.52. The van der Waals surface area contributed by atoms with Crippen LogP contribution in [0.4, 0.5) is 5.95 Å². The van der Waals surface area contributed by atoms with Gasteiger partial charge in [0, 0.05) is 20.3 Å². The van der Waals surface area contributed by atoms with Crippen LogP contribution in [-0.4, -0.2) is 44.0 Å².